The number of ether oxygens (including phenoxy) is 1. The number of likely N-dealkylation sites (N-methyl/N-ethyl adjacent to an activating group) is 1. The van der Waals surface area contributed by atoms with Crippen molar-refractivity contribution in [2.75, 3.05) is 13.2 Å². The summed E-state index contributed by atoms with van der Waals surface area (Å²) in [6.07, 6.45) is 7.02. The number of hydrogen-bond acceptors (Lipinski definition) is 3. The smallest absolute Gasteiger partial charge is 0.320 e. The monoisotopic (exact) mass is 257 g/mol. The van der Waals surface area contributed by atoms with Gasteiger partial charge >= 0.3 is 5.97 Å². The molecule has 2 N–H and O–H groups in total. The lowest BCUT2D eigenvalue weighted by Crippen LogP contribution is -2.38. The van der Waals surface area contributed by atoms with Crippen molar-refractivity contribution >= 4 is 5.97 Å². The van der Waals surface area contributed by atoms with Crippen molar-refractivity contribution in [2.45, 2.75) is 64.5 Å². The number of carbonyl (C=O) groups is 1. The van der Waals surface area contributed by atoms with E-state index in [-0.39, 0.29) is 0 Å². The van der Waals surface area contributed by atoms with E-state index in [1.807, 2.05) is 6.92 Å². The summed E-state index contributed by atoms with van der Waals surface area (Å²) in [5, 5.41) is 12.0. The van der Waals surface area contributed by atoms with Gasteiger partial charge < -0.3 is 15.2 Å². The van der Waals surface area contributed by atoms with Gasteiger partial charge in [0.1, 0.15) is 6.04 Å². The first-order valence-corrected chi connectivity index (χ1v) is 7.26. The van der Waals surface area contributed by atoms with E-state index in [4.69, 9.17) is 9.84 Å². The van der Waals surface area contributed by atoms with Gasteiger partial charge in [-0.15, -0.1) is 0 Å². The van der Waals surface area contributed by atoms with Crippen LogP contribution in [0.1, 0.15) is 52.4 Å². The van der Waals surface area contributed by atoms with Gasteiger partial charge in [0.05, 0.1) is 6.10 Å². The van der Waals surface area contributed by atoms with Crippen LogP contribution in [0.2, 0.25) is 0 Å². The SMILES string of the molecule is CCNC(CCOC1CCCCC1CC)C(=O)O. The van der Waals surface area contributed by atoms with Crippen LogP contribution in [-0.4, -0.2) is 36.4 Å². The Kier molecular flexibility index (Phi) is 7.28. The Morgan fingerprint density at radius 2 is 2.11 bits per heavy atom. The van der Waals surface area contributed by atoms with Gasteiger partial charge in [0, 0.05) is 6.61 Å². The summed E-state index contributed by atoms with van der Waals surface area (Å²) < 4.78 is 5.91. The van der Waals surface area contributed by atoms with E-state index in [1.54, 1.807) is 0 Å². The zero-order chi connectivity index (χ0) is 13.4. The maximum Gasteiger partial charge on any atom is 0.320 e. The second-order valence-corrected chi connectivity index (χ2v) is 5.10. The summed E-state index contributed by atoms with van der Waals surface area (Å²) in [5.74, 6) is -0.114. The molecule has 3 atom stereocenters. The molecular weight excluding hydrogens is 230 g/mol. The first-order chi connectivity index (χ1) is 8.69. The van der Waals surface area contributed by atoms with Crippen molar-refractivity contribution in [3.63, 3.8) is 0 Å². The van der Waals surface area contributed by atoms with E-state index < -0.39 is 12.0 Å². The van der Waals surface area contributed by atoms with Gasteiger partial charge in [-0.2, -0.15) is 0 Å². The largest absolute Gasteiger partial charge is 0.480 e. The fourth-order valence-corrected chi connectivity index (χ4v) is 2.76. The van der Waals surface area contributed by atoms with Crippen LogP contribution in [0.25, 0.3) is 0 Å². The molecule has 0 heterocycles. The number of hydrogen-bond donors (Lipinski definition) is 2. The van der Waals surface area contributed by atoms with E-state index >= 15 is 0 Å². The third kappa shape index (κ3) is 4.94. The number of nitrogens with one attached hydrogen (secondary N) is 1. The van der Waals surface area contributed by atoms with E-state index in [2.05, 4.69) is 12.2 Å². The van der Waals surface area contributed by atoms with Crippen LogP contribution in [0.3, 0.4) is 0 Å². The maximum atomic E-state index is 11.0. The van der Waals surface area contributed by atoms with Crippen molar-refractivity contribution in [1.29, 1.82) is 0 Å². The van der Waals surface area contributed by atoms with Crippen LogP contribution in [0, 0.1) is 5.92 Å². The summed E-state index contributed by atoms with van der Waals surface area (Å²) in [6, 6.07) is -0.473. The lowest BCUT2D eigenvalue weighted by molar-refractivity contribution is -0.140. The van der Waals surface area contributed by atoms with Gasteiger partial charge in [0.25, 0.3) is 0 Å². The third-order valence-corrected chi connectivity index (χ3v) is 3.85. The quantitative estimate of drug-likeness (QED) is 0.701. The Labute approximate surface area is 110 Å². The molecule has 18 heavy (non-hydrogen) atoms. The average Bonchev–Trinajstić information content (AvgIpc) is 2.38. The summed E-state index contributed by atoms with van der Waals surface area (Å²) in [7, 11) is 0. The van der Waals surface area contributed by atoms with Crippen LogP contribution >= 0.6 is 0 Å². The predicted molar refractivity (Wildman–Crippen MR) is 71.7 cm³/mol. The molecule has 1 fully saturated rings. The normalized spacial score (nSPS) is 25.9. The summed E-state index contributed by atoms with van der Waals surface area (Å²) in [5.41, 5.74) is 0. The fraction of sp³-hybridized carbons (Fsp3) is 0.929. The molecule has 0 aromatic carbocycles. The highest BCUT2D eigenvalue weighted by molar-refractivity contribution is 5.73. The molecule has 106 valence electrons. The molecule has 0 radical (unpaired) electrons. The highest BCUT2D eigenvalue weighted by Crippen LogP contribution is 2.29. The molecule has 1 aliphatic rings. The van der Waals surface area contributed by atoms with Crippen LogP contribution < -0.4 is 5.32 Å². The minimum atomic E-state index is -0.781. The fourth-order valence-electron chi connectivity index (χ4n) is 2.76. The molecule has 4 heteroatoms. The number of aliphatic carboxylic acids is 1. The third-order valence-electron chi connectivity index (χ3n) is 3.85. The summed E-state index contributed by atoms with van der Waals surface area (Å²) in [4.78, 5) is 11.0. The molecule has 1 rings (SSSR count). The Morgan fingerprint density at radius 1 is 1.39 bits per heavy atom. The molecule has 0 aromatic heterocycles. The van der Waals surface area contributed by atoms with Crippen LogP contribution in [0.4, 0.5) is 0 Å². The molecule has 0 bridgehead atoms. The zero-order valence-corrected chi connectivity index (χ0v) is 11.7. The molecule has 0 amide bonds. The topological polar surface area (TPSA) is 58.6 Å². The average molecular weight is 257 g/mol. The van der Waals surface area contributed by atoms with E-state index in [9.17, 15) is 4.79 Å². The first-order valence-electron chi connectivity index (χ1n) is 7.26. The van der Waals surface area contributed by atoms with Gasteiger partial charge in [-0.05, 0) is 31.7 Å². The second-order valence-electron chi connectivity index (χ2n) is 5.10. The van der Waals surface area contributed by atoms with Crippen LogP contribution in [-0.2, 0) is 9.53 Å². The predicted octanol–water partition coefficient (Wildman–Crippen LogP) is 2.42. The van der Waals surface area contributed by atoms with Crippen molar-refractivity contribution in [2.24, 2.45) is 5.92 Å². The molecule has 0 aromatic rings. The van der Waals surface area contributed by atoms with Crippen molar-refractivity contribution in [1.82, 2.24) is 5.32 Å². The summed E-state index contributed by atoms with van der Waals surface area (Å²) in [6.45, 7) is 5.36. The second kappa shape index (κ2) is 8.48. The Balaban J connectivity index is 2.28. The highest BCUT2D eigenvalue weighted by atomic mass is 16.5. The lowest BCUT2D eigenvalue weighted by atomic mass is 9.85. The van der Waals surface area contributed by atoms with Crippen molar-refractivity contribution in [3.8, 4) is 0 Å². The maximum absolute atomic E-state index is 11.0. The number of carboxylic acids is 1. The first kappa shape index (κ1) is 15.4. The molecular formula is C14H27NO3. The number of carboxylic acid groups (broad SMARTS) is 1. The van der Waals surface area contributed by atoms with E-state index in [0.29, 0.717) is 31.6 Å². The van der Waals surface area contributed by atoms with Crippen molar-refractivity contribution in [3.05, 3.63) is 0 Å². The lowest BCUT2D eigenvalue weighted by Gasteiger charge is -2.31. The zero-order valence-electron chi connectivity index (χ0n) is 11.7. The molecule has 1 saturated carbocycles. The Morgan fingerprint density at radius 3 is 2.72 bits per heavy atom. The van der Waals surface area contributed by atoms with Gasteiger partial charge in [0.2, 0.25) is 0 Å². The van der Waals surface area contributed by atoms with E-state index in [1.165, 1.54) is 25.7 Å². The van der Waals surface area contributed by atoms with Gasteiger partial charge in [-0.3, -0.25) is 4.79 Å². The molecule has 0 saturated heterocycles. The van der Waals surface area contributed by atoms with Gasteiger partial charge in [0.15, 0.2) is 0 Å². The van der Waals surface area contributed by atoms with Crippen LogP contribution in [0.5, 0.6) is 0 Å². The number of rotatable bonds is 8. The van der Waals surface area contributed by atoms with Gasteiger partial charge in [-0.25, -0.2) is 0 Å². The van der Waals surface area contributed by atoms with Gasteiger partial charge in [-0.1, -0.05) is 33.1 Å². The summed E-state index contributed by atoms with van der Waals surface area (Å²) >= 11 is 0. The highest BCUT2D eigenvalue weighted by Gasteiger charge is 2.25. The Bertz CT molecular complexity index is 245. The molecule has 1 aliphatic carbocycles. The van der Waals surface area contributed by atoms with Crippen LogP contribution in [0.15, 0.2) is 0 Å². The minimum absolute atomic E-state index is 0.347. The van der Waals surface area contributed by atoms with Crippen molar-refractivity contribution < 1.29 is 14.6 Å². The Hall–Kier alpha value is -0.610. The molecule has 0 aliphatic heterocycles. The minimum Gasteiger partial charge on any atom is -0.480 e. The van der Waals surface area contributed by atoms with E-state index in [0.717, 1.165) is 6.42 Å². The molecule has 0 spiro atoms. The molecule has 4 nitrogen and oxygen atoms in total. The standard InChI is InChI=1S/C14H27NO3/c1-3-11-7-5-6-8-13(11)18-10-9-12(14(16)17)15-4-2/h11-13,15H,3-10H2,1-2H3,(H,16,17). The molecule has 3 unspecified atom stereocenters.